The number of rotatable bonds is 1. The van der Waals surface area contributed by atoms with E-state index in [1.54, 1.807) is 0 Å². The van der Waals surface area contributed by atoms with Crippen LogP contribution in [0.5, 0.6) is 0 Å². The molecule has 3 aliphatic rings. The molecule has 3 aliphatic heterocycles. The van der Waals surface area contributed by atoms with Crippen molar-refractivity contribution >= 4 is 5.91 Å². The summed E-state index contributed by atoms with van der Waals surface area (Å²) < 4.78 is 11.7. The molecule has 0 saturated carbocycles. The van der Waals surface area contributed by atoms with Crippen molar-refractivity contribution in [2.45, 2.75) is 39.7 Å². The second-order valence-corrected chi connectivity index (χ2v) is 8.13. The molecule has 3 heterocycles. The monoisotopic (exact) mass is 310 g/mol. The van der Waals surface area contributed by atoms with Crippen molar-refractivity contribution in [3.05, 3.63) is 0 Å². The van der Waals surface area contributed by atoms with Crippen molar-refractivity contribution in [1.29, 1.82) is 0 Å². The zero-order chi connectivity index (χ0) is 15.8. The van der Waals surface area contributed by atoms with Crippen molar-refractivity contribution in [2.75, 3.05) is 46.0 Å². The summed E-state index contributed by atoms with van der Waals surface area (Å²) in [5.41, 5.74) is -0.206. The number of nitrogens with zero attached hydrogens (tertiary/aromatic N) is 1. The van der Waals surface area contributed by atoms with Gasteiger partial charge in [-0.25, -0.2) is 0 Å². The molecule has 0 radical (unpaired) electrons. The molecule has 3 saturated heterocycles. The zero-order valence-electron chi connectivity index (χ0n) is 14.2. The molecule has 0 aromatic heterocycles. The smallest absolute Gasteiger partial charge is 0.232 e. The first-order chi connectivity index (χ1) is 10.4. The van der Waals surface area contributed by atoms with Gasteiger partial charge in [-0.05, 0) is 30.7 Å². The van der Waals surface area contributed by atoms with Crippen LogP contribution in [0.2, 0.25) is 0 Å². The Morgan fingerprint density at radius 3 is 2.82 bits per heavy atom. The van der Waals surface area contributed by atoms with Gasteiger partial charge in [-0.2, -0.15) is 0 Å². The minimum absolute atomic E-state index is 0.128. The van der Waals surface area contributed by atoms with Crippen LogP contribution >= 0.6 is 0 Å². The van der Waals surface area contributed by atoms with E-state index in [1.165, 1.54) is 0 Å². The lowest BCUT2D eigenvalue weighted by molar-refractivity contribution is -0.152. The summed E-state index contributed by atoms with van der Waals surface area (Å²) >= 11 is 0. The Morgan fingerprint density at radius 2 is 2.05 bits per heavy atom. The highest BCUT2D eigenvalue weighted by Gasteiger charge is 2.52. The SMILES string of the molecule is CC(C)(C)C1CCN(C(=O)[C@]23CNC[C@H]2CCOC3)CCO1. The van der Waals surface area contributed by atoms with Crippen molar-refractivity contribution in [3.8, 4) is 0 Å². The second kappa shape index (κ2) is 6.10. The standard InChI is InChI=1S/C17H30N2O3/c1-16(2,3)14-4-6-19(7-9-22-14)15(20)17-11-18-10-13(17)5-8-21-12-17/h13-14,18H,4-12H2,1-3H3/t13-,14?,17+/m1/s1. The van der Waals surface area contributed by atoms with E-state index in [4.69, 9.17) is 9.47 Å². The van der Waals surface area contributed by atoms with Crippen molar-refractivity contribution in [3.63, 3.8) is 0 Å². The number of nitrogens with one attached hydrogen (secondary N) is 1. The largest absolute Gasteiger partial charge is 0.380 e. The van der Waals surface area contributed by atoms with E-state index in [0.29, 0.717) is 25.7 Å². The molecule has 0 bridgehead atoms. The fourth-order valence-electron chi connectivity index (χ4n) is 4.12. The molecule has 3 rings (SSSR count). The van der Waals surface area contributed by atoms with E-state index in [2.05, 4.69) is 26.1 Å². The number of ether oxygens (including phenoxy) is 2. The number of hydrogen-bond acceptors (Lipinski definition) is 4. The Balaban J connectivity index is 1.70. The lowest BCUT2D eigenvalue weighted by Crippen LogP contribution is -2.53. The molecule has 0 aliphatic carbocycles. The average Bonchev–Trinajstić information content (AvgIpc) is 2.75. The predicted molar refractivity (Wildman–Crippen MR) is 84.6 cm³/mol. The van der Waals surface area contributed by atoms with Gasteiger partial charge in [-0.3, -0.25) is 4.79 Å². The van der Waals surface area contributed by atoms with E-state index in [-0.39, 0.29) is 22.8 Å². The first-order valence-electron chi connectivity index (χ1n) is 8.63. The summed E-state index contributed by atoms with van der Waals surface area (Å²) in [5, 5.41) is 3.42. The molecule has 3 fully saturated rings. The average molecular weight is 310 g/mol. The van der Waals surface area contributed by atoms with Gasteiger partial charge >= 0.3 is 0 Å². The third-order valence-corrected chi connectivity index (χ3v) is 5.60. The highest BCUT2D eigenvalue weighted by atomic mass is 16.5. The number of hydrogen-bond donors (Lipinski definition) is 1. The Hall–Kier alpha value is -0.650. The maximum atomic E-state index is 13.2. The fourth-order valence-corrected chi connectivity index (χ4v) is 4.12. The summed E-state index contributed by atoms with van der Waals surface area (Å²) in [6.45, 7) is 11.8. The van der Waals surface area contributed by atoms with Crippen LogP contribution in [0.3, 0.4) is 0 Å². The Bertz CT molecular complexity index is 421. The molecule has 3 atom stereocenters. The molecular weight excluding hydrogens is 280 g/mol. The highest BCUT2D eigenvalue weighted by molar-refractivity contribution is 5.84. The van der Waals surface area contributed by atoms with Gasteiger partial charge in [0.25, 0.3) is 0 Å². The summed E-state index contributed by atoms with van der Waals surface area (Å²) in [5.74, 6) is 0.705. The minimum atomic E-state index is -0.334. The summed E-state index contributed by atoms with van der Waals surface area (Å²) in [6.07, 6.45) is 2.14. The van der Waals surface area contributed by atoms with Gasteiger partial charge in [0.05, 0.1) is 24.7 Å². The van der Waals surface area contributed by atoms with Crippen LogP contribution in [-0.2, 0) is 14.3 Å². The molecule has 1 unspecified atom stereocenters. The van der Waals surface area contributed by atoms with Crippen LogP contribution in [0.1, 0.15) is 33.6 Å². The number of amides is 1. The van der Waals surface area contributed by atoms with Crippen LogP contribution in [0, 0.1) is 16.7 Å². The van der Waals surface area contributed by atoms with Gasteiger partial charge in [0.15, 0.2) is 0 Å². The van der Waals surface area contributed by atoms with Crippen LogP contribution in [0.4, 0.5) is 0 Å². The van der Waals surface area contributed by atoms with Crippen LogP contribution in [0.25, 0.3) is 0 Å². The number of fused-ring (bicyclic) bond motifs is 1. The molecule has 1 N–H and O–H groups in total. The summed E-state index contributed by atoms with van der Waals surface area (Å²) in [4.78, 5) is 15.2. The van der Waals surface area contributed by atoms with E-state index in [0.717, 1.165) is 39.1 Å². The van der Waals surface area contributed by atoms with Gasteiger partial charge < -0.3 is 19.7 Å². The first kappa shape index (κ1) is 16.2. The zero-order valence-corrected chi connectivity index (χ0v) is 14.2. The maximum Gasteiger partial charge on any atom is 0.232 e. The van der Waals surface area contributed by atoms with Crippen LogP contribution < -0.4 is 5.32 Å². The Morgan fingerprint density at radius 1 is 1.23 bits per heavy atom. The number of carbonyl (C=O) groups excluding carboxylic acids is 1. The summed E-state index contributed by atoms with van der Waals surface area (Å²) in [7, 11) is 0. The molecule has 5 heteroatoms. The van der Waals surface area contributed by atoms with E-state index >= 15 is 0 Å². The molecular formula is C17H30N2O3. The van der Waals surface area contributed by atoms with Gasteiger partial charge in [-0.1, -0.05) is 20.8 Å². The Labute approximate surface area is 133 Å². The van der Waals surface area contributed by atoms with Gasteiger partial charge in [0.2, 0.25) is 5.91 Å². The molecule has 0 aromatic carbocycles. The molecule has 126 valence electrons. The quantitative estimate of drug-likeness (QED) is 0.792. The fraction of sp³-hybridized carbons (Fsp3) is 0.941. The molecule has 5 nitrogen and oxygen atoms in total. The van der Waals surface area contributed by atoms with E-state index in [1.807, 2.05) is 4.90 Å². The van der Waals surface area contributed by atoms with E-state index < -0.39 is 0 Å². The first-order valence-corrected chi connectivity index (χ1v) is 8.63. The van der Waals surface area contributed by atoms with Gasteiger partial charge in [-0.15, -0.1) is 0 Å². The predicted octanol–water partition coefficient (Wildman–Crippen LogP) is 1.28. The molecule has 0 spiro atoms. The highest BCUT2D eigenvalue weighted by Crippen LogP contribution is 2.39. The van der Waals surface area contributed by atoms with Crippen molar-refractivity contribution in [1.82, 2.24) is 10.2 Å². The lowest BCUT2D eigenvalue weighted by atomic mass is 9.74. The Kier molecular flexibility index (Phi) is 4.49. The second-order valence-electron chi connectivity index (χ2n) is 8.13. The van der Waals surface area contributed by atoms with Crippen molar-refractivity contribution in [2.24, 2.45) is 16.7 Å². The topological polar surface area (TPSA) is 50.8 Å². The van der Waals surface area contributed by atoms with Gasteiger partial charge in [0.1, 0.15) is 0 Å². The third-order valence-electron chi connectivity index (χ3n) is 5.60. The van der Waals surface area contributed by atoms with E-state index in [9.17, 15) is 4.79 Å². The summed E-state index contributed by atoms with van der Waals surface area (Å²) in [6, 6.07) is 0. The van der Waals surface area contributed by atoms with Crippen LogP contribution in [-0.4, -0.2) is 62.9 Å². The molecule has 1 amide bonds. The normalized spacial score (nSPS) is 36.8. The van der Waals surface area contributed by atoms with Gasteiger partial charge in [0, 0.05) is 26.2 Å². The minimum Gasteiger partial charge on any atom is -0.380 e. The molecule has 22 heavy (non-hydrogen) atoms. The van der Waals surface area contributed by atoms with Crippen molar-refractivity contribution < 1.29 is 14.3 Å². The maximum absolute atomic E-state index is 13.2. The lowest BCUT2D eigenvalue weighted by Gasteiger charge is -2.40. The number of carbonyl (C=O) groups is 1. The third kappa shape index (κ3) is 2.91. The molecule has 0 aromatic rings. The van der Waals surface area contributed by atoms with Crippen LogP contribution in [0.15, 0.2) is 0 Å².